The summed E-state index contributed by atoms with van der Waals surface area (Å²) < 4.78 is 13.4. The second-order valence-corrected chi connectivity index (χ2v) is 3.14. The second-order valence-electron chi connectivity index (χ2n) is 2.32. The standard InChI is InChI=1S/C8H8BrFN2O/c1-2-11-8(13)7-5(10)3-4-6(9)12-7/h3-4H,2H2,1H3,(H,11,13). The third-order valence-corrected chi connectivity index (χ3v) is 1.81. The van der Waals surface area contributed by atoms with Crippen molar-refractivity contribution in [1.82, 2.24) is 10.3 Å². The largest absolute Gasteiger partial charge is 0.351 e. The van der Waals surface area contributed by atoms with Crippen molar-refractivity contribution >= 4 is 21.8 Å². The fraction of sp³-hybridized carbons (Fsp3) is 0.250. The molecule has 5 heteroatoms. The molecule has 0 radical (unpaired) electrons. The first-order chi connectivity index (χ1) is 6.15. The molecule has 70 valence electrons. The molecule has 1 heterocycles. The summed E-state index contributed by atoms with van der Waals surface area (Å²) >= 11 is 3.06. The Bertz CT molecular complexity index is 330. The molecule has 0 saturated carbocycles. The fourth-order valence-electron chi connectivity index (χ4n) is 0.822. The minimum atomic E-state index is -0.617. The van der Waals surface area contributed by atoms with Crippen LogP contribution in [0.5, 0.6) is 0 Å². The summed E-state index contributed by atoms with van der Waals surface area (Å²) in [7, 11) is 0. The van der Waals surface area contributed by atoms with Crippen LogP contribution >= 0.6 is 15.9 Å². The van der Waals surface area contributed by atoms with Gasteiger partial charge in [-0.25, -0.2) is 9.37 Å². The van der Waals surface area contributed by atoms with Crippen LogP contribution in [0.1, 0.15) is 17.4 Å². The van der Waals surface area contributed by atoms with Gasteiger partial charge in [-0.3, -0.25) is 4.79 Å². The van der Waals surface area contributed by atoms with Gasteiger partial charge in [0.05, 0.1) is 0 Å². The van der Waals surface area contributed by atoms with E-state index in [0.717, 1.165) is 0 Å². The van der Waals surface area contributed by atoms with Crippen molar-refractivity contribution in [2.45, 2.75) is 6.92 Å². The van der Waals surface area contributed by atoms with Crippen molar-refractivity contribution in [2.75, 3.05) is 6.54 Å². The van der Waals surface area contributed by atoms with E-state index in [9.17, 15) is 9.18 Å². The zero-order valence-electron chi connectivity index (χ0n) is 6.97. The van der Waals surface area contributed by atoms with Crippen LogP contribution in [0.4, 0.5) is 4.39 Å². The van der Waals surface area contributed by atoms with Gasteiger partial charge in [-0.1, -0.05) is 0 Å². The number of nitrogens with one attached hydrogen (secondary N) is 1. The summed E-state index contributed by atoms with van der Waals surface area (Å²) in [4.78, 5) is 14.9. The number of halogens is 2. The third kappa shape index (κ3) is 2.48. The molecular weight excluding hydrogens is 239 g/mol. The van der Waals surface area contributed by atoms with E-state index in [1.165, 1.54) is 12.1 Å². The molecule has 3 nitrogen and oxygen atoms in total. The zero-order valence-corrected chi connectivity index (χ0v) is 8.56. The first-order valence-corrected chi connectivity index (χ1v) is 4.54. The highest BCUT2D eigenvalue weighted by molar-refractivity contribution is 9.10. The second kappa shape index (κ2) is 4.32. The average Bonchev–Trinajstić information content (AvgIpc) is 2.09. The summed E-state index contributed by atoms with van der Waals surface area (Å²) in [6.45, 7) is 2.21. The highest BCUT2D eigenvalue weighted by Gasteiger charge is 2.12. The Morgan fingerprint density at radius 3 is 3.00 bits per heavy atom. The Balaban J connectivity index is 2.99. The topological polar surface area (TPSA) is 42.0 Å². The molecule has 0 saturated heterocycles. The number of hydrogen-bond donors (Lipinski definition) is 1. The molecule has 0 aromatic carbocycles. The van der Waals surface area contributed by atoms with Crippen LogP contribution in [-0.4, -0.2) is 17.4 Å². The highest BCUT2D eigenvalue weighted by atomic mass is 79.9. The van der Waals surface area contributed by atoms with E-state index in [-0.39, 0.29) is 5.69 Å². The van der Waals surface area contributed by atoms with Gasteiger partial charge < -0.3 is 5.32 Å². The van der Waals surface area contributed by atoms with E-state index in [1.54, 1.807) is 6.92 Å². The summed E-state index contributed by atoms with van der Waals surface area (Å²) in [5, 5.41) is 2.47. The Hall–Kier alpha value is -0.970. The quantitative estimate of drug-likeness (QED) is 0.808. The van der Waals surface area contributed by atoms with Crippen molar-refractivity contribution in [1.29, 1.82) is 0 Å². The lowest BCUT2D eigenvalue weighted by Gasteiger charge is -2.02. The van der Waals surface area contributed by atoms with Gasteiger partial charge in [0.15, 0.2) is 11.5 Å². The normalized spacial score (nSPS) is 9.77. The summed E-state index contributed by atoms with van der Waals surface area (Å²) in [6.07, 6.45) is 0. The lowest BCUT2D eigenvalue weighted by atomic mass is 10.3. The summed E-state index contributed by atoms with van der Waals surface area (Å²) in [5.41, 5.74) is -0.184. The number of carbonyl (C=O) groups is 1. The fourth-order valence-corrected chi connectivity index (χ4v) is 1.13. The molecule has 1 rings (SSSR count). The maximum absolute atomic E-state index is 13.0. The van der Waals surface area contributed by atoms with Gasteiger partial charge in [0.2, 0.25) is 0 Å². The monoisotopic (exact) mass is 246 g/mol. The van der Waals surface area contributed by atoms with Gasteiger partial charge in [0.25, 0.3) is 5.91 Å². The van der Waals surface area contributed by atoms with Crippen LogP contribution in [0.15, 0.2) is 16.7 Å². The molecule has 0 atom stereocenters. The van der Waals surface area contributed by atoms with E-state index >= 15 is 0 Å². The van der Waals surface area contributed by atoms with Crippen molar-refractivity contribution in [3.8, 4) is 0 Å². The van der Waals surface area contributed by atoms with Crippen molar-refractivity contribution in [3.63, 3.8) is 0 Å². The van der Waals surface area contributed by atoms with Gasteiger partial charge in [-0.05, 0) is 35.0 Å². The molecule has 0 unspecified atom stereocenters. The lowest BCUT2D eigenvalue weighted by Crippen LogP contribution is -2.24. The Kier molecular flexibility index (Phi) is 3.36. The Morgan fingerprint density at radius 2 is 2.38 bits per heavy atom. The first-order valence-electron chi connectivity index (χ1n) is 3.75. The van der Waals surface area contributed by atoms with Gasteiger partial charge in [0, 0.05) is 6.54 Å². The lowest BCUT2D eigenvalue weighted by molar-refractivity contribution is 0.0946. The number of pyridine rings is 1. The van der Waals surface area contributed by atoms with E-state index in [2.05, 4.69) is 26.2 Å². The molecular formula is C8H8BrFN2O. The van der Waals surface area contributed by atoms with E-state index in [1.807, 2.05) is 0 Å². The minimum Gasteiger partial charge on any atom is -0.351 e. The molecule has 0 bridgehead atoms. The Morgan fingerprint density at radius 1 is 1.69 bits per heavy atom. The minimum absolute atomic E-state index is 0.184. The van der Waals surface area contributed by atoms with Crippen LogP contribution < -0.4 is 5.32 Å². The maximum Gasteiger partial charge on any atom is 0.272 e. The molecule has 13 heavy (non-hydrogen) atoms. The van der Waals surface area contributed by atoms with Crippen LogP contribution in [0.2, 0.25) is 0 Å². The molecule has 0 fully saturated rings. The summed E-state index contributed by atoms with van der Waals surface area (Å²) in [5.74, 6) is -1.12. The third-order valence-electron chi connectivity index (χ3n) is 1.36. The number of carbonyl (C=O) groups excluding carboxylic acids is 1. The van der Waals surface area contributed by atoms with Gasteiger partial charge in [-0.15, -0.1) is 0 Å². The first kappa shape index (κ1) is 10.1. The molecule has 1 aromatic rings. The average molecular weight is 247 g/mol. The molecule has 1 amide bonds. The number of hydrogen-bond acceptors (Lipinski definition) is 2. The molecule has 1 N–H and O–H groups in total. The molecule has 0 aliphatic heterocycles. The molecule has 0 aliphatic rings. The predicted molar refractivity (Wildman–Crippen MR) is 49.9 cm³/mol. The van der Waals surface area contributed by atoms with Gasteiger partial charge in [0.1, 0.15) is 4.60 Å². The molecule has 1 aromatic heterocycles. The van der Waals surface area contributed by atoms with Gasteiger partial charge in [-0.2, -0.15) is 0 Å². The number of nitrogens with zero attached hydrogens (tertiary/aromatic N) is 1. The zero-order chi connectivity index (χ0) is 9.84. The van der Waals surface area contributed by atoms with Crippen LogP contribution in [-0.2, 0) is 0 Å². The molecule has 0 spiro atoms. The summed E-state index contributed by atoms with van der Waals surface area (Å²) in [6, 6.07) is 2.64. The van der Waals surface area contributed by atoms with Crippen molar-refractivity contribution in [3.05, 3.63) is 28.2 Å². The van der Waals surface area contributed by atoms with Crippen LogP contribution in [0.25, 0.3) is 0 Å². The predicted octanol–water partition coefficient (Wildman–Crippen LogP) is 1.73. The number of amides is 1. The van der Waals surface area contributed by atoms with Crippen molar-refractivity contribution in [2.24, 2.45) is 0 Å². The smallest absolute Gasteiger partial charge is 0.272 e. The highest BCUT2D eigenvalue weighted by Crippen LogP contribution is 2.10. The molecule has 0 aliphatic carbocycles. The number of rotatable bonds is 2. The number of aromatic nitrogens is 1. The van der Waals surface area contributed by atoms with Crippen molar-refractivity contribution < 1.29 is 9.18 Å². The van der Waals surface area contributed by atoms with Gasteiger partial charge >= 0.3 is 0 Å². The van der Waals surface area contributed by atoms with E-state index in [0.29, 0.717) is 11.1 Å². The maximum atomic E-state index is 13.0. The van der Waals surface area contributed by atoms with E-state index < -0.39 is 11.7 Å². The van der Waals surface area contributed by atoms with Crippen LogP contribution in [0, 0.1) is 5.82 Å². The Labute approximate surface area is 83.5 Å². The van der Waals surface area contributed by atoms with E-state index in [4.69, 9.17) is 0 Å². The SMILES string of the molecule is CCNC(=O)c1nc(Br)ccc1F. The van der Waals surface area contributed by atoms with Crippen LogP contribution in [0.3, 0.4) is 0 Å².